The average molecular weight is 337 g/mol. The number of nitrogens with one attached hydrogen (secondary N) is 1. The minimum atomic E-state index is -1.23. The molecule has 1 aliphatic rings. The van der Waals surface area contributed by atoms with Crippen molar-refractivity contribution < 1.29 is 23.9 Å². The highest BCUT2D eigenvalue weighted by Gasteiger charge is 2.28. The number of carboxylic acids is 1. The number of rotatable bonds is 3. The molecule has 2 N–H and O–H groups in total. The first-order chi connectivity index (χ1) is 11.3. The number of carbonyl (C=O) groups excluding carboxylic acids is 2. The van der Waals surface area contributed by atoms with Gasteiger partial charge in [0.2, 0.25) is 5.91 Å². The van der Waals surface area contributed by atoms with Crippen LogP contribution in [0.3, 0.4) is 0 Å². The summed E-state index contributed by atoms with van der Waals surface area (Å²) in [6.45, 7) is 0.936. The van der Waals surface area contributed by atoms with Crippen molar-refractivity contribution in [2.24, 2.45) is 5.92 Å². The maximum Gasteiger partial charge on any atom is 0.335 e. The van der Waals surface area contributed by atoms with Crippen LogP contribution in [0.4, 0.5) is 14.9 Å². The summed E-state index contributed by atoms with van der Waals surface area (Å²) in [6, 6.07) is 3.25. The molecule has 1 aromatic carbocycles. The van der Waals surface area contributed by atoms with E-state index in [-0.39, 0.29) is 29.1 Å². The number of urea groups is 1. The number of carbonyl (C=O) groups is 3. The summed E-state index contributed by atoms with van der Waals surface area (Å²) in [6.07, 6.45) is 1.00. The third-order valence-electron chi connectivity index (χ3n) is 3.99. The van der Waals surface area contributed by atoms with Crippen LogP contribution in [0.25, 0.3) is 0 Å². The summed E-state index contributed by atoms with van der Waals surface area (Å²) in [4.78, 5) is 38.0. The largest absolute Gasteiger partial charge is 0.478 e. The van der Waals surface area contributed by atoms with Gasteiger partial charge in [-0.1, -0.05) is 0 Å². The molecule has 0 aromatic heterocycles. The highest BCUT2D eigenvalue weighted by atomic mass is 19.1. The number of hydrogen-bond acceptors (Lipinski definition) is 3. The lowest BCUT2D eigenvalue weighted by Gasteiger charge is -2.33. The molecule has 1 aliphatic heterocycles. The number of likely N-dealkylation sites (tertiary alicyclic amines) is 1. The van der Waals surface area contributed by atoms with Crippen LogP contribution in [0.2, 0.25) is 0 Å². The van der Waals surface area contributed by atoms with E-state index in [1.165, 1.54) is 17.0 Å². The fraction of sp³-hybridized carbons (Fsp3) is 0.438. The highest BCUT2D eigenvalue weighted by Crippen LogP contribution is 2.22. The van der Waals surface area contributed by atoms with E-state index < -0.39 is 11.8 Å². The van der Waals surface area contributed by atoms with Gasteiger partial charge in [-0.25, -0.2) is 14.0 Å². The van der Waals surface area contributed by atoms with Crippen molar-refractivity contribution in [1.82, 2.24) is 9.80 Å². The van der Waals surface area contributed by atoms with E-state index in [0.717, 1.165) is 6.07 Å². The Morgan fingerprint density at radius 2 is 1.88 bits per heavy atom. The van der Waals surface area contributed by atoms with Gasteiger partial charge >= 0.3 is 12.0 Å². The van der Waals surface area contributed by atoms with Crippen LogP contribution in [0.5, 0.6) is 0 Å². The van der Waals surface area contributed by atoms with Gasteiger partial charge in [-0.2, -0.15) is 0 Å². The number of halogens is 1. The third-order valence-corrected chi connectivity index (χ3v) is 3.99. The first-order valence-electron chi connectivity index (χ1n) is 7.59. The Morgan fingerprint density at radius 3 is 2.38 bits per heavy atom. The number of anilines is 1. The van der Waals surface area contributed by atoms with Crippen LogP contribution in [0.1, 0.15) is 23.2 Å². The molecule has 1 heterocycles. The van der Waals surface area contributed by atoms with Crippen molar-refractivity contribution in [2.45, 2.75) is 12.8 Å². The molecule has 0 atom stereocenters. The van der Waals surface area contributed by atoms with Gasteiger partial charge in [0.1, 0.15) is 5.82 Å². The van der Waals surface area contributed by atoms with E-state index in [1.54, 1.807) is 19.0 Å². The summed E-state index contributed by atoms with van der Waals surface area (Å²) in [7, 11) is 3.34. The normalized spacial score (nSPS) is 15.0. The zero-order chi connectivity index (χ0) is 17.9. The molecule has 1 fully saturated rings. The lowest BCUT2D eigenvalue weighted by molar-refractivity contribution is -0.121. The van der Waals surface area contributed by atoms with Crippen LogP contribution in [-0.2, 0) is 4.79 Å². The number of benzene rings is 1. The predicted molar refractivity (Wildman–Crippen MR) is 85.4 cm³/mol. The Morgan fingerprint density at radius 1 is 1.25 bits per heavy atom. The quantitative estimate of drug-likeness (QED) is 0.881. The van der Waals surface area contributed by atoms with E-state index in [1.807, 2.05) is 0 Å². The van der Waals surface area contributed by atoms with E-state index in [0.29, 0.717) is 25.9 Å². The molecule has 2 rings (SSSR count). The lowest BCUT2D eigenvalue weighted by Crippen LogP contribution is -2.45. The fourth-order valence-corrected chi connectivity index (χ4v) is 2.60. The summed E-state index contributed by atoms with van der Waals surface area (Å²) < 4.78 is 13.9. The summed E-state index contributed by atoms with van der Waals surface area (Å²) >= 11 is 0. The second kappa shape index (κ2) is 7.29. The van der Waals surface area contributed by atoms with Crippen LogP contribution in [-0.4, -0.2) is 60.0 Å². The Bertz CT molecular complexity index is 655. The van der Waals surface area contributed by atoms with Crippen LogP contribution >= 0.6 is 0 Å². The minimum Gasteiger partial charge on any atom is -0.478 e. The van der Waals surface area contributed by atoms with Crippen molar-refractivity contribution in [2.75, 3.05) is 32.5 Å². The van der Waals surface area contributed by atoms with E-state index in [9.17, 15) is 18.8 Å². The maximum absolute atomic E-state index is 13.9. The van der Waals surface area contributed by atoms with Crippen LogP contribution in [0, 0.1) is 11.7 Å². The molecule has 24 heavy (non-hydrogen) atoms. The van der Waals surface area contributed by atoms with Gasteiger partial charge in [0, 0.05) is 33.1 Å². The first kappa shape index (κ1) is 17.7. The number of carboxylic acid groups (broad SMARTS) is 1. The molecule has 0 aliphatic carbocycles. The van der Waals surface area contributed by atoms with Crippen molar-refractivity contribution >= 4 is 23.6 Å². The molecule has 0 radical (unpaired) electrons. The second-order valence-electron chi connectivity index (χ2n) is 5.93. The molecule has 1 aromatic rings. The van der Waals surface area contributed by atoms with Crippen LogP contribution < -0.4 is 5.32 Å². The molecule has 8 heteroatoms. The van der Waals surface area contributed by atoms with E-state index in [4.69, 9.17) is 5.11 Å². The van der Waals surface area contributed by atoms with Crippen molar-refractivity contribution in [3.63, 3.8) is 0 Å². The molecular formula is C16H20FN3O4. The van der Waals surface area contributed by atoms with E-state index in [2.05, 4.69) is 5.32 Å². The van der Waals surface area contributed by atoms with Gasteiger partial charge in [0.25, 0.3) is 0 Å². The van der Waals surface area contributed by atoms with Gasteiger partial charge in [0.15, 0.2) is 0 Å². The Balaban J connectivity index is 1.95. The first-order valence-corrected chi connectivity index (χ1v) is 7.59. The lowest BCUT2D eigenvalue weighted by atomic mass is 9.96. The summed E-state index contributed by atoms with van der Waals surface area (Å²) in [5.41, 5.74) is -0.224. The molecule has 0 unspecified atom stereocenters. The molecule has 130 valence electrons. The number of aromatic carboxylic acids is 1. The van der Waals surface area contributed by atoms with Crippen molar-refractivity contribution in [1.29, 1.82) is 0 Å². The monoisotopic (exact) mass is 337 g/mol. The molecule has 0 spiro atoms. The summed E-state index contributed by atoms with van der Waals surface area (Å²) in [5, 5.41) is 11.3. The Kier molecular flexibility index (Phi) is 5.38. The zero-order valence-electron chi connectivity index (χ0n) is 13.6. The maximum atomic E-state index is 13.9. The minimum absolute atomic E-state index is 0.0446. The number of amides is 3. The highest BCUT2D eigenvalue weighted by molar-refractivity contribution is 5.94. The number of nitrogens with zero attached hydrogens (tertiary/aromatic N) is 2. The predicted octanol–water partition coefficient (Wildman–Crippen LogP) is 1.86. The number of hydrogen-bond donors (Lipinski definition) is 2. The van der Waals surface area contributed by atoms with Crippen LogP contribution in [0.15, 0.2) is 18.2 Å². The topological polar surface area (TPSA) is 90.0 Å². The van der Waals surface area contributed by atoms with Gasteiger partial charge in [-0.15, -0.1) is 0 Å². The van der Waals surface area contributed by atoms with Gasteiger partial charge in [-0.3, -0.25) is 4.79 Å². The Hall–Kier alpha value is -2.64. The molecule has 1 saturated heterocycles. The molecule has 7 nitrogen and oxygen atoms in total. The molecule has 0 bridgehead atoms. The summed E-state index contributed by atoms with van der Waals surface area (Å²) in [5.74, 6) is -2.66. The average Bonchev–Trinajstić information content (AvgIpc) is 2.55. The zero-order valence-corrected chi connectivity index (χ0v) is 13.6. The van der Waals surface area contributed by atoms with Gasteiger partial charge < -0.3 is 20.2 Å². The Labute approximate surface area is 139 Å². The van der Waals surface area contributed by atoms with Crippen molar-refractivity contribution in [3.8, 4) is 0 Å². The smallest absolute Gasteiger partial charge is 0.335 e. The van der Waals surface area contributed by atoms with Gasteiger partial charge in [0.05, 0.1) is 11.3 Å². The van der Waals surface area contributed by atoms with Crippen molar-refractivity contribution in [3.05, 3.63) is 29.6 Å². The molecular weight excluding hydrogens is 317 g/mol. The third kappa shape index (κ3) is 4.01. The fourth-order valence-electron chi connectivity index (χ4n) is 2.60. The van der Waals surface area contributed by atoms with Gasteiger partial charge in [-0.05, 0) is 31.0 Å². The SMILES string of the molecule is CN(C)C(=O)N1CCC(C(=O)Nc2ccc(C(=O)O)cc2F)CC1. The standard InChI is InChI=1S/C16H20FN3O4/c1-19(2)16(24)20-7-5-10(6-8-20)14(21)18-13-4-3-11(15(22)23)9-12(13)17/h3-4,9-10H,5-8H2,1-2H3,(H,18,21)(H,22,23). The van der Waals surface area contributed by atoms with E-state index >= 15 is 0 Å². The molecule has 0 saturated carbocycles. The molecule has 3 amide bonds. The second-order valence-corrected chi connectivity index (χ2v) is 5.93. The number of piperidine rings is 1.